The number of carbonyl (C=O) groups is 2. The Labute approximate surface area is 261 Å². The number of aliphatic hydroxyl groups excluding tert-OH is 1. The Morgan fingerprint density at radius 2 is 1.33 bits per heavy atom. The monoisotopic (exact) mass is 602 g/mol. The molecule has 5 saturated carbocycles. The van der Waals surface area contributed by atoms with Crippen LogP contribution in [0.3, 0.4) is 0 Å². The lowest BCUT2D eigenvalue weighted by Crippen LogP contribution is -2.61. The van der Waals surface area contributed by atoms with Crippen molar-refractivity contribution in [1.29, 1.82) is 0 Å². The molecule has 43 heavy (non-hydrogen) atoms. The van der Waals surface area contributed by atoms with Crippen molar-refractivity contribution in [2.75, 3.05) is 14.1 Å². The standard InChI is InChI=1S/C36H62N2O5/c1-22(37(12)28(40)42-30(2,3)4)27-23(39)20-34(11)25-15-14-24-32(8,9)26(38(13)29(41)43-31(5,6)7)16-17-35(24)21-36(25,35)19-18-33(27,34)10/h22-27,39H,14-21H2,1-13H3/t22?,23-,24?,25?,26?,27?,33?,34+,35?,36?/m1/s1. The lowest BCUT2D eigenvalue weighted by Gasteiger charge is -2.64. The third kappa shape index (κ3) is 4.66. The van der Waals surface area contributed by atoms with E-state index in [1.54, 1.807) is 4.90 Å². The number of nitrogens with zero attached hydrogens (tertiary/aromatic N) is 2. The predicted octanol–water partition coefficient (Wildman–Crippen LogP) is 7.89. The second-order valence-electron chi connectivity index (χ2n) is 18.6. The van der Waals surface area contributed by atoms with Gasteiger partial charge in [0.1, 0.15) is 11.2 Å². The average Bonchev–Trinajstić information content (AvgIpc) is 3.45. The lowest BCUT2D eigenvalue weighted by atomic mass is 9.41. The molecule has 7 heteroatoms. The molecule has 0 aromatic heterocycles. The van der Waals surface area contributed by atoms with Crippen LogP contribution in [0.4, 0.5) is 9.59 Å². The Morgan fingerprint density at radius 3 is 1.91 bits per heavy atom. The van der Waals surface area contributed by atoms with Crippen molar-refractivity contribution in [1.82, 2.24) is 9.80 Å². The van der Waals surface area contributed by atoms with Crippen molar-refractivity contribution >= 4 is 12.2 Å². The minimum atomic E-state index is -0.553. The molecular formula is C36H62N2O5. The van der Waals surface area contributed by atoms with Gasteiger partial charge < -0.3 is 24.4 Å². The summed E-state index contributed by atoms with van der Waals surface area (Å²) in [7, 11) is 3.78. The number of hydrogen-bond donors (Lipinski definition) is 1. The average molecular weight is 603 g/mol. The number of aliphatic hydroxyl groups is 1. The van der Waals surface area contributed by atoms with Gasteiger partial charge in [0.25, 0.3) is 0 Å². The quantitative estimate of drug-likeness (QED) is 0.355. The topological polar surface area (TPSA) is 79.3 Å². The number of rotatable bonds is 3. The highest BCUT2D eigenvalue weighted by Crippen LogP contribution is 2.89. The molecule has 0 bridgehead atoms. The van der Waals surface area contributed by atoms with E-state index in [4.69, 9.17) is 9.47 Å². The molecule has 0 aromatic carbocycles. The molecule has 0 radical (unpaired) electrons. The third-order valence-corrected chi connectivity index (χ3v) is 14.1. The van der Waals surface area contributed by atoms with Gasteiger partial charge in [-0.1, -0.05) is 27.7 Å². The van der Waals surface area contributed by atoms with Crippen LogP contribution in [0.2, 0.25) is 0 Å². The SMILES string of the molecule is CC(C1[C@H](O)C[C@@]2(C)C3CCC4C(C)(C)C(N(C)C(=O)OC(C)(C)C)CCC45CC35CCC12C)N(C)C(=O)OC(C)(C)C. The molecule has 5 aliphatic rings. The molecule has 7 nitrogen and oxygen atoms in total. The maximum Gasteiger partial charge on any atom is 0.410 e. The van der Waals surface area contributed by atoms with Crippen LogP contribution in [0.5, 0.6) is 0 Å². The highest BCUT2D eigenvalue weighted by atomic mass is 16.6. The first-order valence-corrected chi connectivity index (χ1v) is 17.1. The Balaban J connectivity index is 1.39. The van der Waals surface area contributed by atoms with Crippen molar-refractivity contribution in [2.24, 2.45) is 44.8 Å². The number of amides is 2. The van der Waals surface area contributed by atoms with Gasteiger partial charge in [0.15, 0.2) is 0 Å². The molecule has 10 atom stereocenters. The molecule has 2 spiro atoms. The van der Waals surface area contributed by atoms with Gasteiger partial charge in [-0.25, -0.2) is 9.59 Å². The van der Waals surface area contributed by atoms with E-state index >= 15 is 0 Å². The normalized spacial score (nSPS) is 43.7. The summed E-state index contributed by atoms with van der Waals surface area (Å²) in [5.74, 6) is 1.16. The van der Waals surface area contributed by atoms with Crippen LogP contribution in [0.1, 0.15) is 128 Å². The van der Waals surface area contributed by atoms with Crippen molar-refractivity contribution in [3.8, 4) is 0 Å². The molecule has 246 valence electrons. The van der Waals surface area contributed by atoms with E-state index in [1.807, 2.05) is 60.5 Å². The van der Waals surface area contributed by atoms with E-state index < -0.39 is 17.3 Å². The molecule has 5 fully saturated rings. The minimum absolute atomic E-state index is 0.00238. The zero-order valence-electron chi connectivity index (χ0n) is 29.6. The van der Waals surface area contributed by atoms with Gasteiger partial charge in [-0.2, -0.15) is 0 Å². The molecule has 5 aliphatic carbocycles. The van der Waals surface area contributed by atoms with Crippen LogP contribution in [-0.4, -0.2) is 70.6 Å². The maximum atomic E-state index is 13.1. The Kier molecular flexibility index (Phi) is 7.46. The Bertz CT molecular complexity index is 1140. The van der Waals surface area contributed by atoms with Crippen LogP contribution in [-0.2, 0) is 9.47 Å². The molecule has 0 heterocycles. The number of fused-ring (bicyclic) bond motifs is 2. The third-order valence-electron chi connectivity index (χ3n) is 14.1. The fourth-order valence-electron chi connectivity index (χ4n) is 12.2. The van der Waals surface area contributed by atoms with E-state index in [2.05, 4.69) is 34.6 Å². The van der Waals surface area contributed by atoms with Crippen LogP contribution < -0.4 is 0 Å². The van der Waals surface area contributed by atoms with Gasteiger partial charge in [0, 0.05) is 32.1 Å². The van der Waals surface area contributed by atoms with Gasteiger partial charge >= 0.3 is 12.2 Å². The molecule has 8 unspecified atom stereocenters. The minimum Gasteiger partial charge on any atom is -0.444 e. The summed E-state index contributed by atoms with van der Waals surface area (Å²) in [4.78, 5) is 29.9. The number of ether oxygens (including phenoxy) is 2. The zero-order chi connectivity index (χ0) is 32.3. The summed E-state index contributed by atoms with van der Waals surface area (Å²) in [6.07, 6.45) is 7.98. The summed E-state index contributed by atoms with van der Waals surface area (Å²) in [5.41, 5.74) is -0.440. The molecule has 0 saturated heterocycles. The smallest absolute Gasteiger partial charge is 0.410 e. The molecule has 5 rings (SSSR count). The molecule has 2 amide bonds. The fourth-order valence-corrected chi connectivity index (χ4v) is 12.2. The summed E-state index contributed by atoms with van der Waals surface area (Å²) >= 11 is 0. The molecule has 1 N–H and O–H groups in total. The van der Waals surface area contributed by atoms with Gasteiger partial charge in [0.2, 0.25) is 0 Å². The van der Waals surface area contributed by atoms with Crippen molar-refractivity contribution < 1.29 is 24.2 Å². The van der Waals surface area contributed by atoms with E-state index in [0.717, 1.165) is 19.3 Å². The largest absolute Gasteiger partial charge is 0.444 e. The molecule has 0 aromatic rings. The van der Waals surface area contributed by atoms with Crippen LogP contribution in [0.15, 0.2) is 0 Å². The highest BCUT2D eigenvalue weighted by Gasteiger charge is 2.83. The van der Waals surface area contributed by atoms with Crippen LogP contribution >= 0.6 is 0 Å². The van der Waals surface area contributed by atoms with Gasteiger partial charge in [-0.3, -0.25) is 0 Å². The lowest BCUT2D eigenvalue weighted by molar-refractivity contribution is -0.153. The molecular weight excluding hydrogens is 540 g/mol. The van der Waals surface area contributed by atoms with E-state index in [1.165, 1.54) is 32.1 Å². The van der Waals surface area contributed by atoms with Crippen molar-refractivity contribution in [2.45, 2.75) is 157 Å². The first-order chi connectivity index (χ1) is 19.5. The number of hydrogen-bond acceptors (Lipinski definition) is 5. The van der Waals surface area contributed by atoms with E-state index in [0.29, 0.717) is 22.7 Å². The zero-order valence-corrected chi connectivity index (χ0v) is 29.6. The second-order valence-corrected chi connectivity index (χ2v) is 18.6. The second kappa shape index (κ2) is 9.75. The first-order valence-electron chi connectivity index (χ1n) is 17.1. The van der Waals surface area contributed by atoms with Crippen LogP contribution in [0.25, 0.3) is 0 Å². The Morgan fingerprint density at radius 1 is 0.791 bits per heavy atom. The van der Waals surface area contributed by atoms with E-state index in [-0.39, 0.29) is 46.4 Å². The summed E-state index contributed by atoms with van der Waals surface area (Å²) in [6, 6.07) is 0.0477. The summed E-state index contributed by atoms with van der Waals surface area (Å²) < 4.78 is 11.5. The highest BCUT2D eigenvalue weighted by molar-refractivity contribution is 5.68. The van der Waals surface area contributed by atoms with Crippen LogP contribution in [0, 0.1) is 44.8 Å². The van der Waals surface area contributed by atoms with E-state index in [9.17, 15) is 14.7 Å². The summed E-state index contributed by atoms with van der Waals surface area (Å²) in [6.45, 7) is 23.4. The summed E-state index contributed by atoms with van der Waals surface area (Å²) in [5, 5.41) is 11.8. The molecule has 0 aliphatic heterocycles. The van der Waals surface area contributed by atoms with Crippen molar-refractivity contribution in [3.63, 3.8) is 0 Å². The first kappa shape index (κ1) is 32.9. The van der Waals surface area contributed by atoms with Gasteiger partial charge in [-0.15, -0.1) is 0 Å². The van der Waals surface area contributed by atoms with Gasteiger partial charge in [-0.05, 0) is 139 Å². The fraction of sp³-hybridized carbons (Fsp3) is 0.944. The van der Waals surface area contributed by atoms with Crippen molar-refractivity contribution in [3.05, 3.63) is 0 Å². The predicted molar refractivity (Wildman–Crippen MR) is 170 cm³/mol. The number of carbonyl (C=O) groups excluding carboxylic acids is 2. The van der Waals surface area contributed by atoms with Gasteiger partial charge in [0.05, 0.1) is 6.10 Å². The maximum absolute atomic E-state index is 13.1. The Hall–Kier alpha value is -1.50.